The minimum atomic E-state index is -0.115. The van der Waals surface area contributed by atoms with Crippen molar-refractivity contribution in [3.63, 3.8) is 0 Å². The molecule has 0 spiro atoms. The van der Waals surface area contributed by atoms with E-state index in [2.05, 4.69) is 25.4 Å². The van der Waals surface area contributed by atoms with Gasteiger partial charge in [0.2, 0.25) is 0 Å². The minimum Gasteiger partial charge on any atom is -0.346 e. The molecule has 24 heavy (non-hydrogen) atoms. The number of rotatable bonds is 4. The Hall–Kier alpha value is -2.67. The van der Waals surface area contributed by atoms with E-state index in [1.165, 1.54) is 0 Å². The van der Waals surface area contributed by atoms with Crippen molar-refractivity contribution in [2.45, 2.75) is 12.5 Å². The van der Waals surface area contributed by atoms with Gasteiger partial charge in [0.05, 0.1) is 5.69 Å². The largest absolute Gasteiger partial charge is 0.346 e. The van der Waals surface area contributed by atoms with E-state index < -0.39 is 0 Å². The van der Waals surface area contributed by atoms with E-state index >= 15 is 0 Å². The van der Waals surface area contributed by atoms with Crippen molar-refractivity contribution in [2.24, 2.45) is 0 Å². The molecule has 0 saturated carbocycles. The molecule has 3 heterocycles. The van der Waals surface area contributed by atoms with Crippen LogP contribution < -0.4 is 10.2 Å². The first-order valence-corrected chi connectivity index (χ1v) is 8.74. The summed E-state index contributed by atoms with van der Waals surface area (Å²) in [5, 5.41) is 13.1. The fraction of sp³-hybridized carbons (Fsp3) is 0.235. The molecule has 2 N–H and O–H groups in total. The lowest BCUT2D eigenvalue weighted by molar-refractivity contribution is 0.0935. The first-order valence-electron chi connectivity index (χ1n) is 7.86. The Morgan fingerprint density at radius 1 is 1.33 bits per heavy atom. The van der Waals surface area contributed by atoms with Gasteiger partial charge in [-0.2, -0.15) is 5.10 Å². The van der Waals surface area contributed by atoms with Gasteiger partial charge in [-0.25, -0.2) is 4.98 Å². The Bertz CT molecular complexity index is 815. The summed E-state index contributed by atoms with van der Waals surface area (Å²) in [5.74, 6) is -0.115. The summed E-state index contributed by atoms with van der Waals surface area (Å²) in [5.41, 5.74) is 2.25. The van der Waals surface area contributed by atoms with Crippen LogP contribution in [0.15, 0.2) is 48.0 Å². The van der Waals surface area contributed by atoms with Gasteiger partial charge < -0.3 is 10.2 Å². The molecule has 1 aromatic carbocycles. The van der Waals surface area contributed by atoms with Crippen LogP contribution in [0, 0.1) is 0 Å². The van der Waals surface area contributed by atoms with Gasteiger partial charge >= 0.3 is 0 Å². The zero-order valence-corrected chi connectivity index (χ0v) is 13.8. The molecular formula is C17H17N5OS. The Kier molecular flexibility index (Phi) is 4.00. The van der Waals surface area contributed by atoms with E-state index in [4.69, 9.17) is 0 Å². The van der Waals surface area contributed by atoms with Crippen LogP contribution in [0.4, 0.5) is 5.13 Å². The lowest BCUT2D eigenvalue weighted by Crippen LogP contribution is -2.37. The second-order valence-corrected chi connectivity index (χ2v) is 6.63. The second kappa shape index (κ2) is 6.45. The van der Waals surface area contributed by atoms with Gasteiger partial charge in [0.1, 0.15) is 5.69 Å². The van der Waals surface area contributed by atoms with E-state index in [1.54, 1.807) is 17.4 Å². The summed E-state index contributed by atoms with van der Waals surface area (Å²) in [7, 11) is 0. The molecule has 4 rings (SSSR count). The van der Waals surface area contributed by atoms with Crippen LogP contribution in [-0.4, -0.2) is 40.2 Å². The topological polar surface area (TPSA) is 73.9 Å². The number of carbonyl (C=O) groups excluding carboxylic acids is 1. The highest BCUT2D eigenvalue weighted by molar-refractivity contribution is 7.13. The molecule has 6 nitrogen and oxygen atoms in total. The SMILES string of the molecule is O=C(NC1CCN(c2nccs2)C1)c1cc(-c2ccccc2)n[nH]1. The predicted molar refractivity (Wildman–Crippen MR) is 94.2 cm³/mol. The van der Waals surface area contributed by atoms with Crippen molar-refractivity contribution >= 4 is 22.4 Å². The van der Waals surface area contributed by atoms with Crippen molar-refractivity contribution < 1.29 is 4.79 Å². The van der Waals surface area contributed by atoms with Crippen LogP contribution in [0.2, 0.25) is 0 Å². The van der Waals surface area contributed by atoms with Crippen molar-refractivity contribution in [1.82, 2.24) is 20.5 Å². The van der Waals surface area contributed by atoms with Gasteiger partial charge in [-0.05, 0) is 12.5 Å². The molecule has 122 valence electrons. The maximum atomic E-state index is 12.4. The van der Waals surface area contributed by atoms with E-state index in [0.717, 1.165) is 35.9 Å². The third kappa shape index (κ3) is 3.03. The number of anilines is 1. The van der Waals surface area contributed by atoms with Gasteiger partial charge in [0.25, 0.3) is 5.91 Å². The number of thiazole rings is 1. The number of aromatic nitrogens is 3. The zero-order valence-electron chi connectivity index (χ0n) is 13.0. The third-order valence-electron chi connectivity index (χ3n) is 4.11. The number of hydrogen-bond donors (Lipinski definition) is 2. The quantitative estimate of drug-likeness (QED) is 0.766. The Morgan fingerprint density at radius 3 is 3.00 bits per heavy atom. The number of benzene rings is 1. The van der Waals surface area contributed by atoms with Gasteiger partial charge in [-0.1, -0.05) is 30.3 Å². The lowest BCUT2D eigenvalue weighted by Gasteiger charge is -2.15. The number of amides is 1. The highest BCUT2D eigenvalue weighted by Crippen LogP contribution is 2.22. The van der Waals surface area contributed by atoms with Crippen LogP contribution in [0.5, 0.6) is 0 Å². The Labute approximate surface area is 143 Å². The average molecular weight is 339 g/mol. The van der Waals surface area contributed by atoms with E-state index in [0.29, 0.717) is 5.69 Å². The van der Waals surface area contributed by atoms with Crippen molar-refractivity contribution in [3.05, 3.63) is 53.7 Å². The molecular weight excluding hydrogens is 322 g/mol. The molecule has 1 fully saturated rings. The maximum Gasteiger partial charge on any atom is 0.269 e. The van der Waals surface area contributed by atoms with Crippen molar-refractivity contribution in [1.29, 1.82) is 0 Å². The molecule has 0 radical (unpaired) electrons. The molecule has 3 aromatic rings. The molecule has 1 amide bonds. The van der Waals surface area contributed by atoms with Crippen LogP contribution >= 0.6 is 11.3 Å². The first-order chi connectivity index (χ1) is 11.8. The van der Waals surface area contributed by atoms with Gasteiger partial charge in [0.15, 0.2) is 5.13 Å². The van der Waals surface area contributed by atoms with Crippen LogP contribution in [-0.2, 0) is 0 Å². The summed E-state index contributed by atoms with van der Waals surface area (Å²) in [6.07, 6.45) is 2.73. The number of aromatic amines is 1. The standard InChI is InChI=1S/C17H17N5OS/c23-16(15-10-14(20-21-15)12-4-2-1-3-5-12)19-13-6-8-22(11-13)17-18-7-9-24-17/h1-5,7,9-10,13H,6,8,11H2,(H,19,23)(H,20,21). The summed E-state index contributed by atoms with van der Waals surface area (Å²) in [6.45, 7) is 1.70. The van der Waals surface area contributed by atoms with Gasteiger partial charge in [-0.15, -0.1) is 11.3 Å². The molecule has 0 bridgehead atoms. The number of nitrogens with one attached hydrogen (secondary N) is 2. The molecule has 1 atom stereocenters. The van der Waals surface area contributed by atoms with Gasteiger partial charge in [-0.3, -0.25) is 9.89 Å². The fourth-order valence-electron chi connectivity index (χ4n) is 2.88. The normalized spacial score (nSPS) is 17.2. The minimum absolute atomic E-state index is 0.115. The number of H-pyrrole nitrogens is 1. The molecule has 0 aliphatic carbocycles. The van der Waals surface area contributed by atoms with Crippen LogP contribution in [0.1, 0.15) is 16.9 Å². The predicted octanol–water partition coefficient (Wildman–Crippen LogP) is 2.54. The Balaban J connectivity index is 1.40. The molecule has 1 saturated heterocycles. The highest BCUT2D eigenvalue weighted by Gasteiger charge is 2.26. The number of hydrogen-bond acceptors (Lipinski definition) is 5. The molecule has 1 unspecified atom stereocenters. The highest BCUT2D eigenvalue weighted by atomic mass is 32.1. The zero-order chi connectivity index (χ0) is 16.4. The first kappa shape index (κ1) is 14.9. The van der Waals surface area contributed by atoms with Crippen LogP contribution in [0.3, 0.4) is 0 Å². The molecule has 1 aliphatic heterocycles. The van der Waals surface area contributed by atoms with Crippen LogP contribution in [0.25, 0.3) is 11.3 Å². The van der Waals surface area contributed by atoms with Crippen molar-refractivity contribution in [3.8, 4) is 11.3 Å². The summed E-state index contributed by atoms with van der Waals surface area (Å²) in [4.78, 5) is 19.0. The maximum absolute atomic E-state index is 12.4. The summed E-state index contributed by atoms with van der Waals surface area (Å²) in [6, 6.07) is 11.7. The molecule has 7 heteroatoms. The average Bonchev–Trinajstić information content (AvgIpc) is 3.36. The third-order valence-corrected chi connectivity index (χ3v) is 4.94. The van der Waals surface area contributed by atoms with Crippen molar-refractivity contribution in [2.75, 3.05) is 18.0 Å². The van der Waals surface area contributed by atoms with E-state index in [9.17, 15) is 4.79 Å². The smallest absolute Gasteiger partial charge is 0.269 e. The summed E-state index contributed by atoms with van der Waals surface area (Å²) < 4.78 is 0. The number of nitrogens with zero attached hydrogens (tertiary/aromatic N) is 3. The monoisotopic (exact) mass is 339 g/mol. The lowest BCUT2D eigenvalue weighted by atomic mass is 10.1. The molecule has 2 aromatic heterocycles. The van der Waals surface area contributed by atoms with Gasteiger partial charge in [0, 0.05) is 36.3 Å². The fourth-order valence-corrected chi connectivity index (χ4v) is 3.56. The Morgan fingerprint density at radius 2 is 2.21 bits per heavy atom. The summed E-state index contributed by atoms with van der Waals surface area (Å²) >= 11 is 1.62. The second-order valence-electron chi connectivity index (χ2n) is 5.75. The number of carbonyl (C=O) groups is 1. The van der Waals surface area contributed by atoms with E-state index in [-0.39, 0.29) is 11.9 Å². The molecule has 1 aliphatic rings. The van der Waals surface area contributed by atoms with E-state index in [1.807, 2.05) is 41.9 Å².